The van der Waals surface area contributed by atoms with E-state index in [1.807, 2.05) is 6.07 Å². The minimum atomic E-state index is -0.615. The molecular weight excluding hydrogens is 398 g/mol. The summed E-state index contributed by atoms with van der Waals surface area (Å²) in [6.07, 6.45) is 0. The van der Waals surface area contributed by atoms with Gasteiger partial charge >= 0.3 is 5.97 Å². The molecule has 1 amide bonds. The second-order valence-electron chi connectivity index (χ2n) is 4.81. The van der Waals surface area contributed by atoms with E-state index < -0.39 is 11.9 Å². The van der Waals surface area contributed by atoms with E-state index in [0.717, 1.165) is 10.0 Å². The maximum Gasteiger partial charge on any atom is 0.344 e. The lowest BCUT2D eigenvalue weighted by atomic mass is 10.2. The lowest BCUT2D eigenvalue weighted by Crippen LogP contribution is -2.29. The minimum Gasteiger partial charge on any atom is -0.482 e. The summed E-state index contributed by atoms with van der Waals surface area (Å²) in [5.41, 5.74) is 0.862. The molecule has 0 aromatic heterocycles. The van der Waals surface area contributed by atoms with Crippen LogP contribution in [0.5, 0.6) is 5.75 Å². The predicted octanol–water partition coefficient (Wildman–Crippen LogP) is 3.34. The number of ether oxygens (including phenoxy) is 2. The second-order valence-corrected chi connectivity index (χ2v) is 6.16. The van der Waals surface area contributed by atoms with Gasteiger partial charge in [-0.1, -0.05) is 39.7 Å². The van der Waals surface area contributed by atoms with Crippen LogP contribution in [0, 0.1) is 0 Å². The molecule has 7 heteroatoms. The minimum absolute atomic E-state index is 0.261. The van der Waals surface area contributed by atoms with E-state index in [4.69, 9.17) is 21.1 Å². The van der Waals surface area contributed by atoms with Crippen LogP contribution in [0.3, 0.4) is 0 Å². The maximum absolute atomic E-state index is 11.7. The Bertz CT molecular complexity index is 706. The molecule has 2 rings (SSSR count). The van der Waals surface area contributed by atoms with Crippen LogP contribution in [0.2, 0.25) is 5.02 Å². The van der Waals surface area contributed by atoms with Gasteiger partial charge in [0.15, 0.2) is 13.2 Å². The molecule has 0 saturated carbocycles. The van der Waals surface area contributed by atoms with Crippen molar-refractivity contribution in [3.05, 3.63) is 63.6 Å². The molecule has 0 aliphatic heterocycles. The quantitative estimate of drug-likeness (QED) is 0.709. The lowest BCUT2D eigenvalue weighted by Gasteiger charge is -2.08. The standard InChI is InChI=1S/C17H15BrClNO4/c18-13-4-6-15(7-5-13)23-11-17(22)24-10-16(21)20-9-12-2-1-3-14(19)8-12/h1-8H,9-11H2,(H,20,21). The number of hydrogen-bond acceptors (Lipinski definition) is 4. The van der Waals surface area contributed by atoms with Crippen LogP contribution in [0.15, 0.2) is 53.0 Å². The van der Waals surface area contributed by atoms with Crippen molar-refractivity contribution in [2.75, 3.05) is 13.2 Å². The molecule has 0 atom stereocenters. The second kappa shape index (κ2) is 9.30. The van der Waals surface area contributed by atoms with Gasteiger partial charge in [0.05, 0.1) is 0 Å². The van der Waals surface area contributed by atoms with E-state index in [-0.39, 0.29) is 13.2 Å². The summed E-state index contributed by atoms with van der Waals surface area (Å²) in [6.45, 7) is -0.307. The van der Waals surface area contributed by atoms with Crippen molar-refractivity contribution in [2.45, 2.75) is 6.54 Å². The highest BCUT2D eigenvalue weighted by Crippen LogP contribution is 2.16. The van der Waals surface area contributed by atoms with E-state index >= 15 is 0 Å². The molecule has 2 aromatic rings. The van der Waals surface area contributed by atoms with Crippen LogP contribution in [-0.4, -0.2) is 25.1 Å². The first-order chi connectivity index (χ1) is 11.5. The molecule has 0 fully saturated rings. The van der Waals surface area contributed by atoms with Crippen molar-refractivity contribution < 1.29 is 19.1 Å². The Morgan fingerprint density at radius 2 is 1.83 bits per heavy atom. The number of hydrogen-bond donors (Lipinski definition) is 1. The Labute approximate surface area is 153 Å². The van der Waals surface area contributed by atoms with Gasteiger partial charge in [0.25, 0.3) is 5.91 Å². The Morgan fingerprint density at radius 3 is 2.54 bits per heavy atom. The molecular formula is C17H15BrClNO4. The van der Waals surface area contributed by atoms with Crippen LogP contribution >= 0.6 is 27.5 Å². The Hall–Kier alpha value is -2.05. The summed E-state index contributed by atoms with van der Waals surface area (Å²) in [5, 5.41) is 3.24. The zero-order chi connectivity index (χ0) is 17.4. The van der Waals surface area contributed by atoms with E-state index in [1.54, 1.807) is 42.5 Å². The van der Waals surface area contributed by atoms with Gasteiger partial charge in [-0.2, -0.15) is 0 Å². The largest absolute Gasteiger partial charge is 0.482 e. The smallest absolute Gasteiger partial charge is 0.344 e. The average Bonchev–Trinajstić information content (AvgIpc) is 2.57. The fourth-order valence-corrected chi connectivity index (χ4v) is 2.24. The van der Waals surface area contributed by atoms with Gasteiger partial charge in [-0.15, -0.1) is 0 Å². The maximum atomic E-state index is 11.7. The molecule has 0 aliphatic carbocycles. The fraction of sp³-hybridized carbons (Fsp3) is 0.176. The number of carbonyl (C=O) groups is 2. The highest BCUT2D eigenvalue weighted by atomic mass is 79.9. The number of esters is 1. The van der Waals surface area contributed by atoms with Crippen molar-refractivity contribution in [3.8, 4) is 5.75 Å². The van der Waals surface area contributed by atoms with Crippen molar-refractivity contribution in [1.29, 1.82) is 0 Å². The van der Waals surface area contributed by atoms with Crippen LogP contribution in [0.4, 0.5) is 0 Å². The zero-order valence-electron chi connectivity index (χ0n) is 12.6. The summed E-state index contributed by atoms with van der Waals surface area (Å²) in [5.74, 6) is -0.469. The molecule has 5 nitrogen and oxygen atoms in total. The monoisotopic (exact) mass is 411 g/mol. The van der Waals surface area contributed by atoms with E-state index in [1.165, 1.54) is 0 Å². The van der Waals surface area contributed by atoms with Gasteiger partial charge in [0.1, 0.15) is 5.75 Å². The number of amides is 1. The van der Waals surface area contributed by atoms with Gasteiger partial charge in [-0.25, -0.2) is 4.79 Å². The Morgan fingerprint density at radius 1 is 1.08 bits per heavy atom. The summed E-state index contributed by atoms with van der Waals surface area (Å²) in [6, 6.07) is 14.2. The van der Waals surface area contributed by atoms with Crippen molar-refractivity contribution >= 4 is 39.4 Å². The van der Waals surface area contributed by atoms with Crippen LogP contribution in [0.1, 0.15) is 5.56 Å². The zero-order valence-corrected chi connectivity index (χ0v) is 15.0. The van der Waals surface area contributed by atoms with E-state index in [0.29, 0.717) is 17.3 Å². The molecule has 126 valence electrons. The summed E-state index contributed by atoms with van der Waals surface area (Å²) >= 11 is 9.16. The molecule has 0 spiro atoms. The molecule has 0 heterocycles. The Balaban J connectivity index is 1.65. The van der Waals surface area contributed by atoms with Crippen LogP contribution < -0.4 is 10.1 Å². The van der Waals surface area contributed by atoms with Crippen LogP contribution in [-0.2, 0) is 20.9 Å². The van der Waals surface area contributed by atoms with Gasteiger partial charge in [0, 0.05) is 16.0 Å². The molecule has 0 saturated heterocycles. The Kier molecular flexibility index (Phi) is 7.08. The summed E-state index contributed by atoms with van der Waals surface area (Å²) in [7, 11) is 0. The van der Waals surface area contributed by atoms with Gasteiger partial charge in [-0.05, 0) is 42.0 Å². The van der Waals surface area contributed by atoms with E-state index in [9.17, 15) is 9.59 Å². The topological polar surface area (TPSA) is 64.6 Å². The highest BCUT2D eigenvalue weighted by Gasteiger charge is 2.08. The van der Waals surface area contributed by atoms with Gasteiger partial charge < -0.3 is 14.8 Å². The van der Waals surface area contributed by atoms with Crippen molar-refractivity contribution in [3.63, 3.8) is 0 Å². The first kappa shape index (κ1) is 18.3. The number of halogens is 2. The van der Waals surface area contributed by atoms with E-state index in [2.05, 4.69) is 21.2 Å². The molecule has 0 unspecified atom stereocenters. The number of benzene rings is 2. The third-order valence-corrected chi connectivity index (χ3v) is 3.68. The molecule has 0 bridgehead atoms. The van der Waals surface area contributed by atoms with Gasteiger partial charge in [0.2, 0.25) is 0 Å². The summed E-state index contributed by atoms with van der Waals surface area (Å²) in [4.78, 5) is 23.2. The van der Waals surface area contributed by atoms with Crippen LogP contribution in [0.25, 0.3) is 0 Å². The fourth-order valence-electron chi connectivity index (χ4n) is 1.76. The normalized spacial score (nSPS) is 10.1. The number of rotatable bonds is 7. The molecule has 1 N–H and O–H groups in total. The number of nitrogens with one attached hydrogen (secondary N) is 1. The molecule has 24 heavy (non-hydrogen) atoms. The average molecular weight is 413 g/mol. The molecule has 2 aromatic carbocycles. The summed E-state index contributed by atoms with van der Waals surface area (Å²) < 4.78 is 11.0. The van der Waals surface area contributed by atoms with Crippen molar-refractivity contribution in [1.82, 2.24) is 5.32 Å². The lowest BCUT2D eigenvalue weighted by molar-refractivity contribution is -0.150. The SMILES string of the molecule is O=C(COC(=O)COc1ccc(Br)cc1)NCc1cccc(Cl)c1. The van der Waals surface area contributed by atoms with Gasteiger partial charge in [-0.3, -0.25) is 4.79 Å². The highest BCUT2D eigenvalue weighted by molar-refractivity contribution is 9.10. The first-order valence-electron chi connectivity index (χ1n) is 7.08. The van der Waals surface area contributed by atoms with Crippen molar-refractivity contribution in [2.24, 2.45) is 0 Å². The third-order valence-electron chi connectivity index (χ3n) is 2.91. The first-order valence-corrected chi connectivity index (χ1v) is 8.25. The molecule has 0 aliphatic rings. The third kappa shape index (κ3) is 6.60. The molecule has 0 radical (unpaired) electrons. The number of carbonyl (C=O) groups excluding carboxylic acids is 2. The predicted molar refractivity (Wildman–Crippen MR) is 93.9 cm³/mol.